The van der Waals surface area contributed by atoms with Crippen LogP contribution in [0.1, 0.15) is 22.4 Å². The molecule has 0 saturated carbocycles. The van der Waals surface area contributed by atoms with E-state index in [-0.39, 0.29) is 17.9 Å². The van der Waals surface area contributed by atoms with Crippen LogP contribution in [0.2, 0.25) is 0 Å². The van der Waals surface area contributed by atoms with E-state index >= 15 is 0 Å². The molecule has 0 radical (unpaired) electrons. The molecule has 35 heavy (non-hydrogen) atoms. The summed E-state index contributed by atoms with van der Waals surface area (Å²) in [7, 11) is 2.73. The van der Waals surface area contributed by atoms with Gasteiger partial charge in [-0.1, -0.05) is 30.3 Å². The standard InChI is InChI=1S/C26H22FN3O5/c1-14-12-19-20(23(31)29(14)2)26(21(22(28)35-19)24(32)34-3)17-6-4-5-7-18(17)30(25(26)33)13-15-8-10-16(27)11-9-15/h4-12,21,28H,13H2,1-3H3. The molecule has 2 aromatic carbocycles. The molecule has 0 fully saturated rings. The maximum absolute atomic E-state index is 14.4. The van der Waals surface area contributed by atoms with E-state index in [1.54, 1.807) is 56.4 Å². The SMILES string of the molecule is COC(=O)C1C(=N)Oc2cc(C)n(C)c(=O)c2C12C(=O)N(Cc1ccc(F)cc1)c1ccccc12. The molecule has 2 aliphatic heterocycles. The molecule has 1 amide bonds. The lowest BCUT2D eigenvalue weighted by atomic mass is 9.64. The van der Waals surface area contributed by atoms with Gasteiger partial charge in [-0.05, 0) is 36.2 Å². The van der Waals surface area contributed by atoms with E-state index in [2.05, 4.69) is 0 Å². The first-order valence-corrected chi connectivity index (χ1v) is 10.9. The van der Waals surface area contributed by atoms with Crippen LogP contribution in [-0.4, -0.2) is 29.5 Å². The van der Waals surface area contributed by atoms with Gasteiger partial charge in [0.25, 0.3) is 5.56 Å². The minimum atomic E-state index is -1.86. The molecule has 1 N–H and O–H groups in total. The third-order valence-electron chi connectivity index (χ3n) is 6.84. The molecule has 3 heterocycles. The zero-order valence-corrected chi connectivity index (χ0v) is 19.3. The van der Waals surface area contributed by atoms with Gasteiger partial charge in [-0.2, -0.15) is 0 Å². The van der Waals surface area contributed by atoms with Gasteiger partial charge in [-0.3, -0.25) is 19.8 Å². The number of ether oxygens (including phenoxy) is 2. The Bertz CT molecular complexity index is 1460. The van der Waals surface area contributed by atoms with Crippen molar-refractivity contribution < 1.29 is 23.5 Å². The molecule has 8 nitrogen and oxygen atoms in total. The zero-order chi connectivity index (χ0) is 25.1. The van der Waals surface area contributed by atoms with E-state index in [9.17, 15) is 18.8 Å². The van der Waals surface area contributed by atoms with Crippen molar-refractivity contribution in [1.82, 2.24) is 4.57 Å². The van der Waals surface area contributed by atoms with E-state index in [0.29, 0.717) is 22.5 Å². The number of para-hydroxylation sites is 1. The second-order valence-electron chi connectivity index (χ2n) is 8.65. The van der Waals surface area contributed by atoms with Crippen molar-refractivity contribution in [2.24, 2.45) is 13.0 Å². The van der Waals surface area contributed by atoms with Crippen molar-refractivity contribution in [3.63, 3.8) is 0 Å². The van der Waals surface area contributed by atoms with Gasteiger partial charge in [-0.15, -0.1) is 0 Å². The number of amides is 1. The van der Waals surface area contributed by atoms with Gasteiger partial charge < -0.3 is 18.9 Å². The first kappa shape index (κ1) is 22.5. The molecular formula is C26H22FN3O5. The summed E-state index contributed by atoms with van der Waals surface area (Å²) in [5.74, 6) is -3.77. The molecule has 5 rings (SSSR count). The van der Waals surface area contributed by atoms with E-state index in [1.807, 2.05) is 0 Å². The minimum Gasteiger partial charge on any atom is -0.468 e. The van der Waals surface area contributed by atoms with Crippen LogP contribution in [0, 0.1) is 24.1 Å². The van der Waals surface area contributed by atoms with Gasteiger partial charge in [0.1, 0.15) is 17.0 Å². The number of esters is 1. The Kier molecular flexibility index (Phi) is 5.08. The second kappa shape index (κ2) is 7.90. The lowest BCUT2D eigenvalue weighted by molar-refractivity contribution is -0.147. The fourth-order valence-electron chi connectivity index (χ4n) is 5.09. The highest BCUT2D eigenvalue weighted by atomic mass is 19.1. The van der Waals surface area contributed by atoms with Crippen LogP contribution in [0.5, 0.6) is 5.75 Å². The van der Waals surface area contributed by atoms with Crippen molar-refractivity contribution in [2.45, 2.75) is 18.9 Å². The number of hydrogen-bond donors (Lipinski definition) is 1. The number of aryl methyl sites for hydroxylation is 1. The molecule has 2 unspecified atom stereocenters. The summed E-state index contributed by atoms with van der Waals surface area (Å²) in [4.78, 5) is 42.7. The minimum absolute atomic E-state index is 0.0175. The molecule has 0 aliphatic carbocycles. The summed E-state index contributed by atoms with van der Waals surface area (Å²) in [6.07, 6.45) is 0. The number of rotatable bonds is 3. The predicted octanol–water partition coefficient (Wildman–Crippen LogP) is 2.82. The highest BCUT2D eigenvalue weighted by Crippen LogP contribution is 2.55. The fraction of sp³-hybridized carbons (Fsp3) is 0.231. The first-order chi connectivity index (χ1) is 16.7. The van der Waals surface area contributed by atoms with Crippen LogP contribution in [0.4, 0.5) is 10.1 Å². The van der Waals surface area contributed by atoms with Crippen molar-refractivity contribution in [2.75, 3.05) is 12.0 Å². The maximum atomic E-state index is 14.4. The molecule has 1 spiro atoms. The number of methoxy groups -OCH3 is 1. The zero-order valence-electron chi connectivity index (χ0n) is 19.3. The van der Waals surface area contributed by atoms with Gasteiger partial charge in [0, 0.05) is 24.5 Å². The Hall–Kier alpha value is -4.27. The molecular weight excluding hydrogens is 453 g/mol. The summed E-state index contributed by atoms with van der Waals surface area (Å²) in [5.41, 5.74) is -0.284. The smallest absolute Gasteiger partial charge is 0.319 e. The van der Waals surface area contributed by atoms with Gasteiger partial charge in [-0.25, -0.2) is 4.39 Å². The number of nitrogens with one attached hydrogen (secondary N) is 1. The Labute approximate surface area is 200 Å². The van der Waals surface area contributed by atoms with Crippen molar-refractivity contribution in [3.05, 3.63) is 93.2 Å². The second-order valence-corrected chi connectivity index (χ2v) is 8.65. The Morgan fingerprint density at radius 3 is 2.54 bits per heavy atom. The molecule has 3 aromatic rings. The lowest BCUT2D eigenvalue weighted by Gasteiger charge is -2.39. The average Bonchev–Trinajstić information content (AvgIpc) is 3.07. The average molecular weight is 475 g/mol. The molecule has 2 atom stereocenters. The van der Waals surface area contributed by atoms with Crippen LogP contribution < -0.4 is 15.2 Å². The lowest BCUT2D eigenvalue weighted by Crippen LogP contribution is -2.58. The van der Waals surface area contributed by atoms with Gasteiger partial charge >= 0.3 is 5.97 Å². The van der Waals surface area contributed by atoms with E-state index in [1.165, 1.54) is 21.6 Å². The van der Waals surface area contributed by atoms with Crippen LogP contribution >= 0.6 is 0 Å². The summed E-state index contributed by atoms with van der Waals surface area (Å²) in [5, 5.41) is 8.59. The Balaban J connectivity index is 1.84. The van der Waals surface area contributed by atoms with Gasteiger partial charge in [0.2, 0.25) is 11.8 Å². The van der Waals surface area contributed by atoms with Crippen LogP contribution in [0.3, 0.4) is 0 Å². The summed E-state index contributed by atoms with van der Waals surface area (Å²) in [6.45, 7) is 1.78. The number of aromatic nitrogens is 1. The summed E-state index contributed by atoms with van der Waals surface area (Å²) >= 11 is 0. The van der Waals surface area contributed by atoms with Gasteiger partial charge in [0.15, 0.2) is 5.92 Å². The van der Waals surface area contributed by atoms with Gasteiger partial charge in [0.05, 0.1) is 19.2 Å². The molecule has 0 saturated heterocycles. The maximum Gasteiger partial charge on any atom is 0.319 e. The molecule has 0 bridgehead atoms. The summed E-state index contributed by atoms with van der Waals surface area (Å²) < 4.78 is 25.5. The highest BCUT2D eigenvalue weighted by Gasteiger charge is 2.65. The van der Waals surface area contributed by atoms with Crippen LogP contribution in [-0.2, 0) is 33.3 Å². The van der Waals surface area contributed by atoms with Crippen LogP contribution in [0.15, 0.2) is 59.4 Å². The predicted molar refractivity (Wildman–Crippen MR) is 125 cm³/mol. The number of halogens is 1. The van der Waals surface area contributed by atoms with E-state index in [4.69, 9.17) is 14.9 Å². The Morgan fingerprint density at radius 2 is 1.86 bits per heavy atom. The quantitative estimate of drug-likeness (QED) is 0.587. The number of nitrogens with zero attached hydrogens (tertiary/aromatic N) is 2. The number of fused-ring (bicyclic) bond motifs is 4. The van der Waals surface area contributed by atoms with Crippen molar-refractivity contribution in [1.29, 1.82) is 5.41 Å². The van der Waals surface area contributed by atoms with E-state index in [0.717, 1.165) is 7.11 Å². The first-order valence-electron chi connectivity index (χ1n) is 10.9. The molecule has 178 valence electrons. The molecule has 2 aliphatic rings. The number of carbonyl (C=O) groups is 2. The van der Waals surface area contributed by atoms with Crippen molar-refractivity contribution in [3.8, 4) is 5.75 Å². The number of hydrogen-bond acceptors (Lipinski definition) is 6. The Morgan fingerprint density at radius 1 is 1.17 bits per heavy atom. The third kappa shape index (κ3) is 3.04. The van der Waals surface area contributed by atoms with E-state index < -0.39 is 40.5 Å². The number of carbonyl (C=O) groups excluding carboxylic acids is 2. The van der Waals surface area contributed by atoms with Crippen molar-refractivity contribution >= 4 is 23.5 Å². The van der Waals surface area contributed by atoms with Crippen LogP contribution in [0.25, 0.3) is 0 Å². The largest absolute Gasteiger partial charge is 0.468 e. The third-order valence-corrected chi connectivity index (χ3v) is 6.84. The molecule has 9 heteroatoms. The molecule has 1 aromatic heterocycles. The monoisotopic (exact) mass is 475 g/mol. The topological polar surface area (TPSA) is 102 Å². The fourth-order valence-corrected chi connectivity index (χ4v) is 5.09. The number of benzene rings is 2. The normalized spacial score (nSPS) is 20.5. The number of anilines is 1. The number of pyridine rings is 1. The highest BCUT2D eigenvalue weighted by molar-refractivity contribution is 6.18. The summed E-state index contributed by atoms with van der Waals surface area (Å²) in [6, 6.07) is 14.2.